The monoisotopic (exact) mass is 237 g/mol. The fraction of sp³-hybridized carbons (Fsp3) is 0.667. The summed E-state index contributed by atoms with van der Waals surface area (Å²) in [5.74, 6) is 1.32. The molecule has 1 N–H and O–H groups in total. The molecule has 2 aliphatic rings. The van der Waals surface area contributed by atoms with Crippen LogP contribution in [0.1, 0.15) is 52.0 Å². The summed E-state index contributed by atoms with van der Waals surface area (Å²) in [6.07, 6.45) is 5.26. The molecule has 1 heterocycles. The number of hydrogen-bond acceptors (Lipinski definition) is 3. The molecule has 1 aromatic rings. The van der Waals surface area contributed by atoms with Crippen molar-refractivity contribution >= 4 is 17.3 Å². The molecule has 4 heteroatoms. The number of nitrogens with zero attached hydrogens (tertiary/aromatic N) is 1. The van der Waals surface area contributed by atoms with Gasteiger partial charge in [-0.1, -0.05) is 6.42 Å². The first-order valence-electron chi connectivity index (χ1n) is 5.85. The number of thiazole rings is 1. The van der Waals surface area contributed by atoms with Gasteiger partial charge in [-0.3, -0.25) is 0 Å². The zero-order chi connectivity index (χ0) is 11.3. The van der Waals surface area contributed by atoms with Crippen molar-refractivity contribution in [3.63, 3.8) is 0 Å². The zero-order valence-electron chi connectivity index (χ0n) is 9.27. The number of fused-ring (bicyclic) bond motifs is 2. The summed E-state index contributed by atoms with van der Waals surface area (Å²) in [6.45, 7) is 1.86. The van der Waals surface area contributed by atoms with Crippen LogP contribution in [0.5, 0.6) is 0 Å². The van der Waals surface area contributed by atoms with Crippen molar-refractivity contribution in [1.29, 1.82) is 0 Å². The third kappa shape index (κ3) is 1.47. The maximum Gasteiger partial charge on any atom is 0.355 e. The largest absolute Gasteiger partial charge is 0.476 e. The standard InChI is InChI=1S/C12H15NO2S/c1-6-10(12(14)15)13-11(16-6)9-5-7-2-3-8(9)4-7/h7-9H,2-5H2,1H3,(H,14,15). The first kappa shape index (κ1) is 10.3. The van der Waals surface area contributed by atoms with Gasteiger partial charge in [0.1, 0.15) is 0 Å². The van der Waals surface area contributed by atoms with E-state index in [9.17, 15) is 4.79 Å². The minimum atomic E-state index is -0.886. The van der Waals surface area contributed by atoms with Crippen LogP contribution in [-0.2, 0) is 0 Å². The lowest BCUT2D eigenvalue weighted by Crippen LogP contribution is -2.08. The van der Waals surface area contributed by atoms with E-state index >= 15 is 0 Å². The lowest BCUT2D eigenvalue weighted by molar-refractivity contribution is 0.0690. The predicted octanol–water partition coefficient (Wildman–Crippen LogP) is 3.05. The highest BCUT2D eigenvalue weighted by molar-refractivity contribution is 7.12. The molecule has 3 rings (SSSR count). The van der Waals surface area contributed by atoms with Crippen LogP contribution in [0.3, 0.4) is 0 Å². The third-order valence-corrected chi connectivity index (χ3v) is 5.17. The highest BCUT2D eigenvalue weighted by Crippen LogP contribution is 2.53. The molecule has 3 nitrogen and oxygen atoms in total. The van der Waals surface area contributed by atoms with E-state index in [1.54, 1.807) is 11.3 Å². The molecular weight excluding hydrogens is 222 g/mol. The Morgan fingerprint density at radius 2 is 2.25 bits per heavy atom. The minimum Gasteiger partial charge on any atom is -0.476 e. The van der Waals surface area contributed by atoms with Crippen LogP contribution in [0.25, 0.3) is 0 Å². The molecule has 86 valence electrons. The average molecular weight is 237 g/mol. The Labute approximate surface area is 98.5 Å². The number of aromatic nitrogens is 1. The number of carbonyl (C=O) groups is 1. The maximum atomic E-state index is 11.0. The molecule has 0 aliphatic heterocycles. The number of aromatic carboxylic acids is 1. The highest BCUT2D eigenvalue weighted by atomic mass is 32.1. The van der Waals surface area contributed by atoms with E-state index < -0.39 is 5.97 Å². The number of carboxylic acids is 1. The van der Waals surface area contributed by atoms with Gasteiger partial charge in [0.05, 0.1) is 5.01 Å². The van der Waals surface area contributed by atoms with E-state index in [1.807, 2.05) is 6.92 Å². The van der Waals surface area contributed by atoms with Crippen LogP contribution in [0.4, 0.5) is 0 Å². The van der Waals surface area contributed by atoms with E-state index in [0.29, 0.717) is 5.92 Å². The van der Waals surface area contributed by atoms with Crippen LogP contribution < -0.4 is 0 Å². The first-order chi connectivity index (χ1) is 7.65. The molecule has 0 amide bonds. The summed E-state index contributed by atoms with van der Waals surface area (Å²) in [5, 5.41) is 10.1. The maximum absolute atomic E-state index is 11.0. The topological polar surface area (TPSA) is 50.2 Å². The SMILES string of the molecule is Cc1sc(C2CC3CCC2C3)nc1C(=O)O. The van der Waals surface area contributed by atoms with Gasteiger partial charge in [-0.15, -0.1) is 11.3 Å². The number of aryl methyl sites for hydroxylation is 1. The smallest absolute Gasteiger partial charge is 0.355 e. The van der Waals surface area contributed by atoms with Crippen LogP contribution in [0.2, 0.25) is 0 Å². The highest BCUT2D eigenvalue weighted by Gasteiger charge is 2.41. The summed E-state index contributed by atoms with van der Waals surface area (Å²) in [7, 11) is 0. The second kappa shape index (κ2) is 3.55. The minimum absolute atomic E-state index is 0.266. The van der Waals surface area contributed by atoms with E-state index in [4.69, 9.17) is 5.11 Å². The van der Waals surface area contributed by atoms with E-state index in [0.717, 1.165) is 21.7 Å². The van der Waals surface area contributed by atoms with Crippen molar-refractivity contribution < 1.29 is 9.90 Å². The molecule has 3 atom stereocenters. The second-order valence-corrected chi connectivity index (χ2v) is 6.28. The molecule has 0 spiro atoms. The Hall–Kier alpha value is -0.900. The molecule has 2 bridgehead atoms. The van der Waals surface area contributed by atoms with Gasteiger partial charge in [0.25, 0.3) is 0 Å². The number of hydrogen-bond donors (Lipinski definition) is 1. The van der Waals surface area contributed by atoms with Gasteiger partial charge in [0.15, 0.2) is 5.69 Å². The summed E-state index contributed by atoms with van der Waals surface area (Å²) in [5.41, 5.74) is 0.266. The van der Waals surface area contributed by atoms with Gasteiger partial charge in [-0.05, 0) is 38.0 Å². The van der Waals surface area contributed by atoms with E-state index in [2.05, 4.69) is 4.98 Å². The fourth-order valence-electron chi connectivity index (χ4n) is 3.32. The van der Waals surface area contributed by atoms with Crippen LogP contribution in [-0.4, -0.2) is 16.1 Å². The third-order valence-electron chi connectivity index (χ3n) is 4.07. The first-order valence-corrected chi connectivity index (χ1v) is 6.67. The lowest BCUT2D eigenvalue weighted by atomic mass is 9.89. The Bertz CT molecular complexity index is 440. The van der Waals surface area contributed by atoms with Gasteiger partial charge in [0.2, 0.25) is 0 Å². The molecule has 0 radical (unpaired) electrons. The Kier molecular flexibility index (Phi) is 2.28. The van der Waals surface area contributed by atoms with E-state index in [-0.39, 0.29) is 5.69 Å². The normalized spacial score (nSPS) is 32.2. The molecule has 2 fully saturated rings. The number of rotatable bonds is 2. The van der Waals surface area contributed by atoms with Gasteiger partial charge < -0.3 is 5.11 Å². The molecule has 1 aromatic heterocycles. The molecular formula is C12H15NO2S. The summed E-state index contributed by atoms with van der Waals surface area (Å²) in [4.78, 5) is 16.1. The van der Waals surface area contributed by atoms with Gasteiger partial charge in [0, 0.05) is 10.8 Å². The van der Waals surface area contributed by atoms with Gasteiger partial charge >= 0.3 is 5.97 Å². The Morgan fingerprint density at radius 1 is 1.44 bits per heavy atom. The molecule has 2 aliphatic carbocycles. The van der Waals surface area contributed by atoms with Crippen LogP contribution in [0.15, 0.2) is 0 Å². The molecule has 16 heavy (non-hydrogen) atoms. The Morgan fingerprint density at radius 3 is 2.75 bits per heavy atom. The molecule has 3 unspecified atom stereocenters. The van der Waals surface area contributed by atoms with Crippen molar-refractivity contribution in [2.45, 2.75) is 38.5 Å². The fourth-order valence-corrected chi connectivity index (χ4v) is 4.44. The van der Waals surface area contributed by atoms with Gasteiger partial charge in [-0.2, -0.15) is 0 Å². The quantitative estimate of drug-likeness (QED) is 0.860. The van der Waals surface area contributed by atoms with Crippen molar-refractivity contribution in [3.8, 4) is 0 Å². The molecule has 2 saturated carbocycles. The average Bonchev–Trinajstić information content (AvgIpc) is 2.89. The van der Waals surface area contributed by atoms with Crippen LogP contribution >= 0.6 is 11.3 Å². The van der Waals surface area contributed by atoms with Crippen LogP contribution in [0, 0.1) is 18.8 Å². The second-order valence-electron chi connectivity index (χ2n) is 5.04. The lowest BCUT2D eigenvalue weighted by Gasteiger charge is -2.18. The zero-order valence-corrected chi connectivity index (χ0v) is 10.1. The van der Waals surface area contributed by atoms with Crippen molar-refractivity contribution in [3.05, 3.63) is 15.6 Å². The van der Waals surface area contributed by atoms with Crippen molar-refractivity contribution in [1.82, 2.24) is 4.98 Å². The molecule has 0 aromatic carbocycles. The summed E-state index contributed by atoms with van der Waals surface area (Å²) < 4.78 is 0. The van der Waals surface area contributed by atoms with E-state index in [1.165, 1.54) is 25.7 Å². The summed E-state index contributed by atoms with van der Waals surface area (Å²) >= 11 is 1.59. The predicted molar refractivity (Wildman–Crippen MR) is 62.0 cm³/mol. The van der Waals surface area contributed by atoms with Crippen molar-refractivity contribution in [2.24, 2.45) is 11.8 Å². The van der Waals surface area contributed by atoms with Gasteiger partial charge in [-0.25, -0.2) is 9.78 Å². The van der Waals surface area contributed by atoms with Crippen molar-refractivity contribution in [2.75, 3.05) is 0 Å². The summed E-state index contributed by atoms with van der Waals surface area (Å²) in [6, 6.07) is 0. The molecule has 0 saturated heterocycles. The number of carboxylic acid groups (broad SMARTS) is 1. The Balaban J connectivity index is 1.90.